The first kappa shape index (κ1) is 21.2. The van der Waals surface area contributed by atoms with Crippen molar-refractivity contribution in [3.8, 4) is 0 Å². The fraction of sp³-hybridized carbons (Fsp3) is 0.263. The topological polar surface area (TPSA) is 122 Å². The summed E-state index contributed by atoms with van der Waals surface area (Å²) in [4.78, 5) is 35.3. The summed E-state index contributed by atoms with van der Waals surface area (Å²) >= 11 is 0. The molecule has 2 aromatic carbocycles. The number of rotatable bonds is 4. The minimum Gasteiger partial charge on any atom is -0.363 e. The van der Waals surface area contributed by atoms with Gasteiger partial charge in [-0.3, -0.25) is 14.9 Å². The highest BCUT2D eigenvalue weighted by Gasteiger charge is 2.66. The molecule has 2 aromatic rings. The van der Waals surface area contributed by atoms with Crippen LogP contribution in [0, 0.1) is 23.0 Å². The van der Waals surface area contributed by atoms with Crippen molar-refractivity contribution in [2.45, 2.75) is 24.9 Å². The Morgan fingerprint density at radius 2 is 1.83 bits per heavy atom. The lowest BCUT2D eigenvalue weighted by Crippen LogP contribution is -2.72. The smallest absolute Gasteiger partial charge is 0.363 e. The number of hydrogen-bond acceptors (Lipinski definition) is 5. The van der Waals surface area contributed by atoms with Gasteiger partial charge in [0.2, 0.25) is 5.72 Å². The first-order valence-electron chi connectivity index (χ1n) is 8.67. The van der Waals surface area contributed by atoms with E-state index in [9.17, 15) is 38.0 Å². The first-order chi connectivity index (χ1) is 13.9. The number of halogens is 3. The maximum atomic E-state index is 13.8. The van der Waals surface area contributed by atoms with E-state index in [2.05, 4.69) is 5.32 Å². The molecule has 3 atom stereocenters. The van der Waals surface area contributed by atoms with Crippen molar-refractivity contribution in [1.82, 2.24) is 10.6 Å². The van der Waals surface area contributed by atoms with Gasteiger partial charge in [0.25, 0.3) is 5.69 Å². The highest BCUT2D eigenvalue weighted by Crippen LogP contribution is 2.44. The molecule has 0 unspecified atom stereocenters. The Morgan fingerprint density at radius 1 is 1.20 bits per heavy atom. The number of nitrogens with zero attached hydrogens (tertiary/aromatic N) is 1. The van der Waals surface area contributed by atoms with Crippen LogP contribution in [0.15, 0.2) is 48.5 Å². The van der Waals surface area contributed by atoms with Gasteiger partial charge in [0, 0.05) is 17.7 Å². The zero-order valence-corrected chi connectivity index (χ0v) is 15.4. The summed E-state index contributed by atoms with van der Waals surface area (Å²) in [6, 6.07) is 7.07. The number of amides is 2. The van der Waals surface area contributed by atoms with Gasteiger partial charge >= 0.3 is 12.2 Å². The average molecular weight is 423 g/mol. The number of nitro benzene ring substituents is 1. The second-order valence-corrected chi connectivity index (χ2v) is 6.90. The summed E-state index contributed by atoms with van der Waals surface area (Å²) in [5, 5.41) is 25.1. The number of aliphatic hydroxyl groups is 1. The van der Waals surface area contributed by atoms with Gasteiger partial charge in [-0.25, -0.2) is 4.79 Å². The molecule has 1 fully saturated rings. The molecule has 0 aromatic heterocycles. The fourth-order valence-electron chi connectivity index (χ4n) is 3.35. The van der Waals surface area contributed by atoms with Gasteiger partial charge in [0.05, 0.1) is 11.0 Å². The Bertz CT molecular complexity index is 1010. The van der Waals surface area contributed by atoms with Crippen LogP contribution in [0.4, 0.5) is 23.7 Å². The molecular formula is C19H16F3N3O5. The lowest BCUT2D eigenvalue weighted by Gasteiger charge is -2.45. The molecule has 0 aliphatic carbocycles. The number of urea groups is 1. The number of nitrogens with one attached hydrogen (secondary N) is 2. The number of aryl methyl sites for hydroxylation is 1. The van der Waals surface area contributed by atoms with Gasteiger partial charge in [-0.05, 0) is 12.5 Å². The van der Waals surface area contributed by atoms with Crippen molar-refractivity contribution >= 4 is 17.5 Å². The number of carbonyl (C=O) groups is 2. The van der Waals surface area contributed by atoms with Gasteiger partial charge in [-0.15, -0.1) is 0 Å². The molecule has 30 heavy (non-hydrogen) atoms. The van der Waals surface area contributed by atoms with Crippen molar-refractivity contribution in [2.75, 3.05) is 0 Å². The largest absolute Gasteiger partial charge is 0.437 e. The average Bonchev–Trinajstić information content (AvgIpc) is 2.66. The predicted molar refractivity (Wildman–Crippen MR) is 97.5 cm³/mol. The summed E-state index contributed by atoms with van der Waals surface area (Å²) < 4.78 is 41.5. The third-order valence-corrected chi connectivity index (χ3v) is 4.86. The molecule has 1 saturated heterocycles. The Labute approximate surface area is 167 Å². The number of nitro groups is 1. The van der Waals surface area contributed by atoms with Crippen LogP contribution in [-0.2, 0) is 0 Å². The normalized spacial score (nSPS) is 24.0. The Kier molecular flexibility index (Phi) is 5.25. The standard InChI is InChI=1S/C19H16F3N3O5/c1-10-5-7-11(8-6-10)16(26)14-15(12-3-2-4-13(9-12)25(29)30)23-17(27)24-18(14,28)19(20,21)22/h2-9,14-15,28H,1H3,(H2,23,24,27)/t14-,15-,18+/m0/s1. The Hall–Kier alpha value is -3.47. The molecule has 8 nitrogen and oxygen atoms in total. The van der Waals surface area contributed by atoms with Gasteiger partial charge in [-0.2, -0.15) is 13.2 Å². The summed E-state index contributed by atoms with van der Waals surface area (Å²) in [7, 11) is 0. The zero-order chi connectivity index (χ0) is 22.3. The third-order valence-electron chi connectivity index (χ3n) is 4.86. The molecule has 0 saturated carbocycles. The van der Waals surface area contributed by atoms with Gasteiger partial charge in [0.15, 0.2) is 5.78 Å². The van der Waals surface area contributed by atoms with E-state index in [1.807, 2.05) is 0 Å². The highest BCUT2D eigenvalue weighted by molar-refractivity contribution is 6.00. The number of benzene rings is 2. The SMILES string of the molecule is Cc1ccc(C(=O)[C@@H]2[C@H](c3cccc([N+](=O)[O-])c3)NC(=O)N[C@]2(O)C(F)(F)F)cc1. The van der Waals surface area contributed by atoms with Crippen LogP contribution in [0.1, 0.15) is 27.5 Å². The van der Waals surface area contributed by atoms with Crippen molar-refractivity contribution in [3.05, 3.63) is 75.3 Å². The second-order valence-electron chi connectivity index (χ2n) is 6.90. The van der Waals surface area contributed by atoms with Crippen LogP contribution in [-0.4, -0.2) is 33.7 Å². The summed E-state index contributed by atoms with van der Waals surface area (Å²) in [5.74, 6) is -3.35. The molecule has 1 heterocycles. The number of alkyl halides is 3. The summed E-state index contributed by atoms with van der Waals surface area (Å²) in [6.45, 7) is 1.72. The predicted octanol–water partition coefficient (Wildman–Crippen LogP) is 3.01. The van der Waals surface area contributed by atoms with E-state index in [-0.39, 0.29) is 11.1 Å². The van der Waals surface area contributed by atoms with Crippen molar-refractivity contribution in [3.63, 3.8) is 0 Å². The summed E-state index contributed by atoms with van der Waals surface area (Å²) in [6.07, 6.45) is -5.41. The van der Waals surface area contributed by atoms with Crippen LogP contribution in [0.5, 0.6) is 0 Å². The minimum absolute atomic E-state index is 0.123. The third kappa shape index (κ3) is 3.71. The Balaban J connectivity index is 2.18. The molecule has 2 amide bonds. The van der Waals surface area contributed by atoms with Gasteiger partial charge < -0.3 is 15.7 Å². The molecule has 3 N–H and O–H groups in total. The molecule has 0 radical (unpaired) electrons. The summed E-state index contributed by atoms with van der Waals surface area (Å²) in [5.41, 5.74) is -3.85. The maximum absolute atomic E-state index is 13.8. The lowest BCUT2D eigenvalue weighted by molar-refractivity contribution is -0.385. The quantitative estimate of drug-likeness (QED) is 0.397. The number of Topliss-reactive ketones (excluding diaryl/α,β-unsaturated/α-hetero) is 1. The zero-order valence-electron chi connectivity index (χ0n) is 15.4. The second kappa shape index (κ2) is 7.41. The Morgan fingerprint density at radius 3 is 2.40 bits per heavy atom. The van der Waals surface area contributed by atoms with Crippen molar-refractivity contribution < 1.29 is 32.8 Å². The monoisotopic (exact) mass is 423 g/mol. The number of carbonyl (C=O) groups excluding carboxylic acids is 2. The van der Waals surface area contributed by atoms with Gasteiger partial charge in [-0.1, -0.05) is 42.0 Å². The molecule has 11 heteroatoms. The van der Waals surface area contributed by atoms with Crippen LogP contribution < -0.4 is 10.6 Å². The van der Waals surface area contributed by atoms with E-state index >= 15 is 0 Å². The van der Waals surface area contributed by atoms with E-state index in [0.29, 0.717) is 0 Å². The maximum Gasteiger partial charge on any atom is 0.437 e. The number of non-ortho nitro benzene ring substituents is 1. The van der Waals surface area contributed by atoms with Crippen molar-refractivity contribution in [2.24, 2.45) is 5.92 Å². The molecule has 1 aliphatic heterocycles. The van der Waals surface area contributed by atoms with E-state index in [0.717, 1.165) is 17.7 Å². The molecule has 0 bridgehead atoms. The first-order valence-corrected chi connectivity index (χ1v) is 8.67. The van der Waals surface area contributed by atoms with E-state index < -0.39 is 46.3 Å². The lowest BCUT2D eigenvalue weighted by atomic mass is 9.77. The molecular weight excluding hydrogens is 407 g/mol. The molecule has 3 rings (SSSR count). The minimum atomic E-state index is -5.41. The van der Waals surface area contributed by atoms with Crippen LogP contribution >= 0.6 is 0 Å². The van der Waals surface area contributed by atoms with Crippen LogP contribution in [0.2, 0.25) is 0 Å². The van der Waals surface area contributed by atoms with Crippen LogP contribution in [0.25, 0.3) is 0 Å². The van der Waals surface area contributed by atoms with E-state index in [1.54, 1.807) is 6.92 Å². The molecule has 158 valence electrons. The van der Waals surface area contributed by atoms with Crippen molar-refractivity contribution in [1.29, 1.82) is 0 Å². The highest BCUT2D eigenvalue weighted by atomic mass is 19.4. The van der Waals surface area contributed by atoms with Gasteiger partial charge in [0.1, 0.15) is 5.92 Å². The van der Waals surface area contributed by atoms with E-state index in [1.165, 1.54) is 41.7 Å². The number of ketones is 1. The number of hydrogen-bond donors (Lipinski definition) is 3. The van der Waals surface area contributed by atoms with Crippen LogP contribution in [0.3, 0.4) is 0 Å². The molecule has 1 aliphatic rings. The molecule has 0 spiro atoms. The fourth-order valence-corrected chi connectivity index (χ4v) is 3.35. The van der Waals surface area contributed by atoms with E-state index in [4.69, 9.17) is 0 Å².